The maximum Gasteiger partial charge on any atom is 0.245 e. The average molecular weight is 252 g/mol. The zero-order valence-electron chi connectivity index (χ0n) is 11.5. The Morgan fingerprint density at radius 2 is 2.06 bits per heavy atom. The van der Waals surface area contributed by atoms with Gasteiger partial charge < -0.3 is 10.2 Å². The van der Waals surface area contributed by atoms with Gasteiger partial charge in [0.15, 0.2) is 0 Å². The van der Waals surface area contributed by atoms with Gasteiger partial charge in [-0.3, -0.25) is 9.59 Å². The molecule has 1 N–H and O–H groups in total. The lowest BCUT2D eigenvalue weighted by Crippen LogP contribution is -2.60. The molecule has 1 aliphatic carbocycles. The second-order valence-corrected chi connectivity index (χ2v) is 5.81. The van der Waals surface area contributed by atoms with E-state index < -0.39 is 0 Å². The van der Waals surface area contributed by atoms with Crippen LogP contribution in [0.25, 0.3) is 0 Å². The smallest absolute Gasteiger partial charge is 0.245 e. The molecule has 2 amide bonds. The summed E-state index contributed by atoms with van der Waals surface area (Å²) in [6, 6.07) is -0.287. The maximum atomic E-state index is 12.3. The molecule has 1 saturated carbocycles. The van der Waals surface area contributed by atoms with Gasteiger partial charge in [-0.05, 0) is 31.1 Å². The minimum atomic E-state index is -0.287. The Bertz CT molecular complexity index is 331. The Labute approximate surface area is 109 Å². The van der Waals surface area contributed by atoms with Crippen LogP contribution in [0.5, 0.6) is 0 Å². The molecule has 2 rings (SSSR count). The summed E-state index contributed by atoms with van der Waals surface area (Å²) in [6.45, 7) is 5.26. The van der Waals surface area contributed by atoms with Crippen molar-refractivity contribution >= 4 is 11.8 Å². The van der Waals surface area contributed by atoms with Crippen molar-refractivity contribution in [3.8, 4) is 0 Å². The Balaban J connectivity index is 2.02. The number of rotatable bonds is 5. The maximum absolute atomic E-state index is 12.3. The largest absolute Gasteiger partial charge is 0.343 e. The molecular formula is C14H24N2O2. The summed E-state index contributed by atoms with van der Waals surface area (Å²) in [4.78, 5) is 25.8. The third-order valence-electron chi connectivity index (χ3n) is 4.55. The van der Waals surface area contributed by atoms with Gasteiger partial charge >= 0.3 is 0 Å². The Morgan fingerprint density at radius 3 is 2.56 bits per heavy atom. The Morgan fingerprint density at radius 1 is 1.33 bits per heavy atom. The fourth-order valence-corrected chi connectivity index (χ4v) is 3.10. The van der Waals surface area contributed by atoms with E-state index in [-0.39, 0.29) is 24.4 Å². The SMILES string of the molecule is CCCC1NC(=O)CN(CC2(CC)CCC2)C1=O. The molecule has 102 valence electrons. The van der Waals surface area contributed by atoms with Crippen molar-refractivity contribution in [2.24, 2.45) is 5.41 Å². The molecule has 1 unspecified atom stereocenters. The van der Waals surface area contributed by atoms with Crippen molar-refractivity contribution in [3.63, 3.8) is 0 Å². The monoisotopic (exact) mass is 252 g/mol. The van der Waals surface area contributed by atoms with E-state index in [1.807, 2.05) is 6.92 Å². The molecule has 2 aliphatic rings. The van der Waals surface area contributed by atoms with Crippen molar-refractivity contribution in [3.05, 3.63) is 0 Å². The predicted octanol–water partition coefficient (Wildman–Crippen LogP) is 1.69. The van der Waals surface area contributed by atoms with Gasteiger partial charge in [-0.25, -0.2) is 0 Å². The van der Waals surface area contributed by atoms with E-state index in [4.69, 9.17) is 0 Å². The van der Waals surface area contributed by atoms with E-state index in [9.17, 15) is 9.59 Å². The van der Waals surface area contributed by atoms with Crippen molar-refractivity contribution in [1.82, 2.24) is 10.2 Å². The van der Waals surface area contributed by atoms with Crippen LogP contribution in [0.3, 0.4) is 0 Å². The van der Waals surface area contributed by atoms with Gasteiger partial charge in [-0.1, -0.05) is 26.7 Å². The number of amides is 2. The number of carbonyl (C=O) groups excluding carboxylic acids is 2. The van der Waals surface area contributed by atoms with Gasteiger partial charge in [-0.15, -0.1) is 0 Å². The first-order valence-electron chi connectivity index (χ1n) is 7.18. The number of nitrogens with zero attached hydrogens (tertiary/aromatic N) is 1. The van der Waals surface area contributed by atoms with Crippen molar-refractivity contribution in [1.29, 1.82) is 0 Å². The lowest BCUT2D eigenvalue weighted by atomic mass is 9.66. The van der Waals surface area contributed by atoms with Gasteiger partial charge in [0.1, 0.15) is 6.04 Å². The molecule has 4 nitrogen and oxygen atoms in total. The predicted molar refractivity (Wildman–Crippen MR) is 70.0 cm³/mol. The molecule has 1 heterocycles. The van der Waals surface area contributed by atoms with E-state index in [1.165, 1.54) is 19.3 Å². The second kappa shape index (κ2) is 5.29. The van der Waals surface area contributed by atoms with Crippen molar-refractivity contribution < 1.29 is 9.59 Å². The number of piperazine rings is 1. The summed E-state index contributed by atoms with van der Waals surface area (Å²) in [5.74, 6) is 0.120. The number of nitrogens with one attached hydrogen (secondary N) is 1. The highest BCUT2D eigenvalue weighted by Gasteiger charge is 2.41. The van der Waals surface area contributed by atoms with E-state index >= 15 is 0 Å². The third kappa shape index (κ3) is 2.52. The highest BCUT2D eigenvalue weighted by molar-refractivity contribution is 5.94. The average Bonchev–Trinajstić information content (AvgIpc) is 2.29. The Kier molecular flexibility index (Phi) is 3.93. The van der Waals surface area contributed by atoms with Gasteiger partial charge in [-0.2, -0.15) is 0 Å². The first-order chi connectivity index (χ1) is 8.60. The Hall–Kier alpha value is -1.06. The first kappa shape index (κ1) is 13.4. The number of hydrogen-bond acceptors (Lipinski definition) is 2. The molecule has 2 fully saturated rings. The van der Waals surface area contributed by atoms with Gasteiger partial charge in [0, 0.05) is 6.54 Å². The molecule has 1 atom stereocenters. The molecule has 0 radical (unpaired) electrons. The lowest BCUT2D eigenvalue weighted by molar-refractivity contribution is -0.147. The number of carbonyl (C=O) groups is 2. The highest BCUT2D eigenvalue weighted by atomic mass is 16.2. The quantitative estimate of drug-likeness (QED) is 0.809. The minimum absolute atomic E-state index is 0.00127. The molecular weight excluding hydrogens is 228 g/mol. The molecule has 1 aliphatic heterocycles. The van der Waals surface area contributed by atoms with E-state index in [2.05, 4.69) is 12.2 Å². The summed E-state index contributed by atoms with van der Waals surface area (Å²) in [6.07, 6.45) is 6.45. The fraction of sp³-hybridized carbons (Fsp3) is 0.857. The molecule has 0 aromatic heterocycles. The van der Waals surface area contributed by atoms with Crippen LogP contribution in [0.4, 0.5) is 0 Å². The van der Waals surface area contributed by atoms with Crippen LogP contribution < -0.4 is 5.32 Å². The minimum Gasteiger partial charge on any atom is -0.343 e. The third-order valence-corrected chi connectivity index (χ3v) is 4.55. The molecule has 0 aromatic rings. The zero-order valence-corrected chi connectivity index (χ0v) is 11.5. The van der Waals surface area contributed by atoms with Crippen molar-refractivity contribution in [2.45, 2.75) is 58.4 Å². The van der Waals surface area contributed by atoms with E-state index in [0.29, 0.717) is 5.41 Å². The molecule has 0 bridgehead atoms. The van der Waals surface area contributed by atoms with Gasteiger partial charge in [0.25, 0.3) is 0 Å². The van der Waals surface area contributed by atoms with Crippen LogP contribution in [0.2, 0.25) is 0 Å². The van der Waals surface area contributed by atoms with Crippen molar-refractivity contribution in [2.75, 3.05) is 13.1 Å². The fourth-order valence-electron chi connectivity index (χ4n) is 3.10. The zero-order chi connectivity index (χ0) is 13.2. The summed E-state index contributed by atoms with van der Waals surface area (Å²) in [5, 5.41) is 2.81. The topological polar surface area (TPSA) is 49.4 Å². The van der Waals surface area contributed by atoms with Crippen LogP contribution in [-0.2, 0) is 9.59 Å². The first-order valence-corrected chi connectivity index (χ1v) is 7.18. The normalized spacial score (nSPS) is 26.8. The van der Waals surface area contributed by atoms with Gasteiger partial charge in [0.2, 0.25) is 11.8 Å². The molecule has 0 spiro atoms. The summed E-state index contributed by atoms with van der Waals surface area (Å²) < 4.78 is 0. The summed E-state index contributed by atoms with van der Waals surface area (Å²) in [7, 11) is 0. The molecule has 0 aromatic carbocycles. The standard InChI is InChI=1S/C14H24N2O2/c1-3-6-11-13(18)16(9-12(17)15-11)10-14(4-2)7-5-8-14/h11H,3-10H2,1-2H3,(H,15,17). The lowest BCUT2D eigenvalue weighted by Gasteiger charge is -2.46. The van der Waals surface area contributed by atoms with Crippen LogP contribution in [0, 0.1) is 5.41 Å². The molecule has 18 heavy (non-hydrogen) atoms. The molecule has 1 saturated heterocycles. The highest BCUT2D eigenvalue weighted by Crippen LogP contribution is 2.44. The van der Waals surface area contributed by atoms with Gasteiger partial charge in [0.05, 0.1) is 6.54 Å². The van der Waals surface area contributed by atoms with E-state index in [1.54, 1.807) is 4.90 Å². The number of hydrogen-bond donors (Lipinski definition) is 1. The van der Waals surface area contributed by atoms with Crippen LogP contribution in [-0.4, -0.2) is 35.8 Å². The molecule has 4 heteroatoms. The second-order valence-electron chi connectivity index (χ2n) is 5.81. The van der Waals surface area contributed by atoms with Crippen LogP contribution in [0.15, 0.2) is 0 Å². The van der Waals surface area contributed by atoms with Crippen LogP contribution >= 0.6 is 0 Å². The van der Waals surface area contributed by atoms with E-state index in [0.717, 1.165) is 25.8 Å². The van der Waals surface area contributed by atoms with Crippen LogP contribution in [0.1, 0.15) is 52.4 Å². The summed E-state index contributed by atoms with van der Waals surface area (Å²) >= 11 is 0. The summed E-state index contributed by atoms with van der Waals surface area (Å²) in [5.41, 5.74) is 0.296.